The van der Waals surface area contributed by atoms with Gasteiger partial charge >= 0.3 is 6.09 Å². The number of hydrogen-bond acceptors (Lipinski definition) is 6. The van der Waals surface area contributed by atoms with Crippen molar-refractivity contribution in [1.29, 1.82) is 0 Å². The molecule has 4 aromatic carbocycles. The summed E-state index contributed by atoms with van der Waals surface area (Å²) >= 11 is 0. The van der Waals surface area contributed by atoms with Crippen molar-refractivity contribution in [2.75, 3.05) is 18.9 Å². The van der Waals surface area contributed by atoms with Gasteiger partial charge in [-0.1, -0.05) is 48.5 Å². The normalized spacial score (nSPS) is 15.5. The fourth-order valence-electron chi connectivity index (χ4n) is 7.16. The minimum absolute atomic E-state index is 0.0655. The number of anilines is 1. The van der Waals surface area contributed by atoms with Crippen molar-refractivity contribution >= 4 is 50.5 Å². The van der Waals surface area contributed by atoms with Crippen LogP contribution in [0.1, 0.15) is 29.5 Å². The third-order valence-corrected chi connectivity index (χ3v) is 9.90. The number of nitrogens with one attached hydrogen (secondary N) is 4. The maximum absolute atomic E-state index is 13.6. The van der Waals surface area contributed by atoms with E-state index < -0.39 is 18.0 Å². The van der Waals surface area contributed by atoms with Crippen LogP contribution in [0.3, 0.4) is 0 Å². The van der Waals surface area contributed by atoms with Gasteiger partial charge in [-0.3, -0.25) is 14.7 Å². The fourth-order valence-corrected chi connectivity index (χ4v) is 7.16. The maximum Gasteiger partial charge on any atom is 0.414 e. The molecule has 1 fully saturated rings. The molecule has 0 bridgehead atoms. The number of imidazole rings is 1. The van der Waals surface area contributed by atoms with Gasteiger partial charge in [0.25, 0.3) is 5.91 Å². The Morgan fingerprint density at radius 2 is 1.72 bits per heavy atom. The number of amides is 2. The third kappa shape index (κ3) is 6.45. The number of fused-ring (bicyclic) bond motifs is 3. The maximum atomic E-state index is 13.6. The summed E-state index contributed by atoms with van der Waals surface area (Å²) in [6, 6.07) is 29.5. The highest BCUT2D eigenvalue weighted by Gasteiger charge is 2.24. The minimum Gasteiger partial charge on any atom is -0.444 e. The van der Waals surface area contributed by atoms with E-state index in [9.17, 15) is 9.59 Å². The zero-order chi connectivity index (χ0) is 34.0. The molecule has 0 spiro atoms. The molecule has 252 valence electrons. The van der Waals surface area contributed by atoms with Gasteiger partial charge < -0.3 is 24.9 Å². The minimum atomic E-state index is -0.795. The first-order valence-corrected chi connectivity index (χ1v) is 17.1. The Kier molecular flexibility index (Phi) is 8.52. The number of aromatic amines is 2. The number of nitrogens with zero attached hydrogens (tertiary/aromatic N) is 3. The van der Waals surface area contributed by atoms with E-state index in [1.807, 2.05) is 85.3 Å². The monoisotopic (exact) mass is 665 g/mol. The Morgan fingerprint density at radius 3 is 2.56 bits per heavy atom. The number of carbonyl (C=O) groups excluding carboxylic acids is 2. The van der Waals surface area contributed by atoms with E-state index in [-0.39, 0.29) is 6.61 Å². The average Bonchev–Trinajstić information content (AvgIpc) is 3.94. The topological polar surface area (TPSA) is 120 Å². The molecule has 4 heterocycles. The number of carbonyl (C=O) groups is 2. The van der Waals surface area contributed by atoms with E-state index in [0.717, 1.165) is 57.2 Å². The lowest BCUT2D eigenvalue weighted by atomic mass is 10.0. The van der Waals surface area contributed by atoms with Crippen LogP contribution in [0, 0.1) is 0 Å². The number of aromatic nitrogens is 4. The summed E-state index contributed by atoms with van der Waals surface area (Å²) < 4.78 is 7.45. The van der Waals surface area contributed by atoms with Crippen LogP contribution in [0.2, 0.25) is 0 Å². The molecule has 10 nitrogen and oxygen atoms in total. The molecule has 0 aliphatic carbocycles. The van der Waals surface area contributed by atoms with E-state index in [4.69, 9.17) is 9.72 Å². The summed E-state index contributed by atoms with van der Waals surface area (Å²) in [5, 5.41) is 8.07. The van der Waals surface area contributed by atoms with Crippen LogP contribution in [0.15, 0.2) is 110 Å². The first kappa shape index (κ1) is 31.4. The predicted octanol–water partition coefficient (Wildman–Crippen LogP) is 7.10. The van der Waals surface area contributed by atoms with Crippen molar-refractivity contribution in [1.82, 2.24) is 29.7 Å². The standard InChI is InChI=1S/C40H39N7O3/c1-46-17-7-10-30(46)18-27-22-42-35-15-14-31(21-33(27)35)47-25-43-36-20-29(13-16-38(36)47)44-37(19-28-23-41-34-12-6-5-11-32(28)34)39(48)45-40(49)50-24-26-8-3-2-4-9-26/h2-6,8-9,11-16,20-23,25,30,37,41-42,44H,7,10,17-19,24H2,1H3,(H,45,48,49)/t30-,37?/m1/s1. The second-order valence-electron chi connectivity index (χ2n) is 13.2. The molecule has 4 N–H and O–H groups in total. The van der Waals surface area contributed by atoms with Gasteiger partial charge in [0.2, 0.25) is 0 Å². The fraction of sp³-hybridized carbons (Fsp3) is 0.225. The lowest BCUT2D eigenvalue weighted by Gasteiger charge is -2.19. The molecule has 0 saturated carbocycles. The Bertz CT molecular complexity index is 2300. The van der Waals surface area contributed by atoms with Gasteiger partial charge in [-0.25, -0.2) is 9.78 Å². The van der Waals surface area contributed by atoms with Gasteiger partial charge in [0.05, 0.1) is 11.0 Å². The number of H-pyrrole nitrogens is 2. The molecule has 1 aliphatic heterocycles. The molecule has 1 saturated heterocycles. The molecule has 1 unspecified atom stereocenters. The van der Waals surface area contributed by atoms with Crippen molar-refractivity contribution in [2.45, 2.75) is 44.4 Å². The van der Waals surface area contributed by atoms with E-state index >= 15 is 0 Å². The quantitative estimate of drug-likeness (QED) is 0.124. The van der Waals surface area contributed by atoms with Crippen molar-refractivity contribution < 1.29 is 14.3 Å². The molecule has 3 aromatic heterocycles. The first-order chi connectivity index (χ1) is 24.5. The number of imide groups is 1. The Hall–Kier alpha value is -5.87. The highest BCUT2D eigenvalue weighted by atomic mass is 16.5. The number of hydrogen-bond donors (Lipinski definition) is 4. The number of likely N-dealkylation sites (N-methyl/N-ethyl adjacent to an activating group) is 1. The SMILES string of the molecule is CN1CCC[C@@H]1Cc1c[nH]c2ccc(-n3cnc4cc(NC(Cc5c[nH]c6ccccc56)C(=O)NC(=O)OCc5ccccc5)ccc43)cc12. The van der Waals surface area contributed by atoms with Crippen molar-refractivity contribution in [2.24, 2.45) is 0 Å². The number of para-hydroxylation sites is 1. The van der Waals surface area contributed by atoms with Crippen molar-refractivity contribution in [3.05, 3.63) is 126 Å². The van der Waals surface area contributed by atoms with Gasteiger partial charge in [0.1, 0.15) is 19.0 Å². The zero-order valence-electron chi connectivity index (χ0n) is 27.9. The first-order valence-electron chi connectivity index (χ1n) is 17.1. The molecule has 10 heteroatoms. The summed E-state index contributed by atoms with van der Waals surface area (Å²) in [6.45, 7) is 1.22. The number of rotatable bonds is 10. The molecule has 2 atom stereocenters. The van der Waals surface area contributed by atoms with Crippen LogP contribution in [-0.4, -0.2) is 62.1 Å². The number of ether oxygens (including phenoxy) is 1. The van der Waals surface area contributed by atoms with Crippen LogP contribution in [0.5, 0.6) is 0 Å². The molecule has 7 aromatic rings. The Balaban J connectivity index is 1.03. The highest BCUT2D eigenvalue weighted by Crippen LogP contribution is 2.29. The second-order valence-corrected chi connectivity index (χ2v) is 13.2. The molecule has 0 radical (unpaired) electrons. The van der Waals surface area contributed by atoms with Gasteiger partial charge in [0, 0.05) is 58.0 Å². The van der Waals surface area contributed by atoms with E-state index in [1.165, 1.54) is 23.8 Å². The molecule has 50 heavy (non-hydrogen) atoms. The summed E-state index contributed by atoms with van der Waals surface area (Å²) in [5.41, 5.74) is 8.71. The third-order valence-electron chi connectivity index (χ3n) is 9.90. The van der Waals surface area contributed by atoms with E-state index in [1.54, 1.807) is 0 Å². The van der Waals surface area contributed by atoms with Gasteiger partial charge in [-0.05, 0) is 92.0 Å². The average molecular weight is 666 g/mol. The van der Waals surface area contributed by atoms with E-state index in [2.05, 4.69) is 61.5 Å². The van der Waals surface area contributed by atoms with Gasteiger partial charge in [-0.2, -0.15) is 0 Å². The zero-order valence-corrected chi connectivity index (χ0v) is 27.9. The summed E-state index contributed by atoms with van der Waals surface area (Å²) in [4.78, 5) is 40.2. The lowest BCUT2D eigenvalue weighted by molar-refractivity contribution is -0.121. The summed E-state index contributed by atoms with van der Waals surface area (Å²) in [6.07, 6.45) is 8.95. The number of benzene rings is 4. The highest BCUT2D eigenvalue weighted by molar-refractivity contribution is 5.97. The molecular weight excluding hydrogens is 626 g/mol. The van der Waals surface area contributed by atoms with Gasteiger partial charge in [0.15, 0.2) is 0 Å². The van der Waals surface area contributed by atoms with Crippen LogP contribution in [0.4, 0.5) is 10.5 Å². The second kappa shape index (κ2) is 13.6. The molecule has 1 aliphatic rings. The largest absolute Gasteiger partial charge is 0.444 e. The lowest BCUT2D eigenvalue weighted by Crippen LogP contribution is -2.44. The van der Waals surface area contributed by atoms with Crippen LogP contribution in [0.25, 0.3) is 38.5 Å². The smallest absolute Gasteiger partial charge is 0.414 e. The predicted molar refractivity (Wildman–Crippen MR) is 196 cm³/mol. The van der Waals surface area contributed by atoms with Crippen molar-refractivity contribution in [3.63, 3.8) is 0 Å². The van der Waals surface area contributed by atoms with E-state index in [0.29, 0.717) is 18.2 Å². The number of alkyl carbamates (subject to hydrolysis) is 1. The number of likely N-dealkylation sites (tertiary alicyclic amines) is 1. The van der Waals surface area contributed by atoms with Crippen molar-refractivity contribution in [3.8, 4) is 5.69 Å². The van der Waals surface area contributed by atoms with Crippen LogP contribution >= 0.6 is 0 Å². The molecular formula is C40H39N7O3. The summed E-state index contributed by atoms with van der Waals surface area (Å²) in [5.74, 6) is -0.488. The van der Waals surface area contributed by atoms with Crippen LogP contribution < -0.4 is 10.6 Å². The molecule has 8 rings (SSSR count). The van der Waals surface area contributed by atoms with Crippen LogP contribution in [-0.2, 0) is 29.0 Å². The Labute approximate surface area is 289 Å². The summed E-state index contributed by atoms with van der Waals surface area (Å²) in [7, 11) is 2.22. The van der Waals surface area contributed by atoms with Gasteiger partial charge in [-0.15, -0.1) is 0 Å². The Morgan fingerprint density at radius 1 is 0.920 bits per heavy atom. The molecule has 2 amide bonds.